The fraction of sp³-hybridized carbons (Fsp3) is 0.182. The Morgan fingerprint density at radius 2 is 2.25 bits per heavy atom. The molecule has 62 valence electrons. The van der Waals surface area contributed by atoms with Gasteiger partial charge >= 0.3 is 0 Å². The molecule has 0 aromatic heterocycles. The average Bonchev–Trinajstić information content (AvgIpc) is 2.05. The van der Waals surface area contributed by atoms with E-state index in [9.17, 15) is 4.79 Å². The topological polar surface area (TPSA) is 17.1 Å². The van der Waals surface area contributed by atoms with E-state index in [1.54, 1.807) is 0 Å². The van der Waals surface area contributed by atoms with E-state index in [4.69, 9.17) is 0 Å². The summed E-state index contributed by atoms with van der Waals surface area (Å²) in [4.78, 5) is 9.98. The first-order valence-electron chi connectivity index (χ1n) is 3.99. The highest BCUT2D eigenvalue weighted by Crippen LogP contribution is 2.04. The second-order valence-corrected chi connectivity index (χ2v) is 2.76. The highest BCUT2D eigenvalue weighted by molar-refractivity contribution is 5.64. The van der Waals surface area contributed by atoms with E-state index in [1.165, 1.54) is 17.2 Å². The lowest BCUT2D eigenvalue weighted by Crippen LogP contribution is -1.81. The van der Waals surface area contributed by atoms with Crippen LogP contribution < -0.4 is 0 Å². The molecule has 0 saturated heterocycles. The SMILES string of the molecule is Cc1cccc(CC=CC=O)c1. The summed E-state index contributed by atoms with van der Waals surface area (Å²) in [5, 5.41) is 0. The van der Waals surface area contributed by atoms with E-state index in [2.05, 4.69) is 25.1 Å². The summed E-state index contributed by atoms with van der Waals surface area (Å²) in [7, 11) is 0. The smallest absolute Gasteiger partial charge is 0.142 e. The summed E-state index contributed by atoms with van der Waals surface area (Å²) < 4.78 is 0. The van der Waals surface area contributed by atoms with Crippen LogP contribution in [0, 0.1) is 6.92 Å². The zero-order chi connectivity index (χ0) is 8.81. The van der Waals surface area contributed by atoms with Crippen molar-refractivity contribution in [3.8, 4) is 0 Å². The predicted octanol–water partition coefficient (Wildman–Crippen LogP) is 2.29. The molecule has 0 spiro atoms. The molecule has 12 heavy (non-hydrogen) atoms. The summed E-state index contributed by atoms with van der Waals surface area (Å²) >= 11 is 0. The molecule has 0 N–H and O–H groups in total. The Balaban J connectivity index is 2.63. The van der Waals surface area contributed by atoms with Gasteiger partial charge in [-0.05, 0) is 25.0 Å². The first kappa shape index (κ1) is 8.72. The van der Waals surface area contributed by atoms with Crippen molar-refractivity contribution in [3.63, 3.8) is 0 Å². The molecule has 0 aliphatic carbocycles. The number of rotatable bonds is 3. The molecule has 1 heteroatoms. The van der Waals surface area contributed by atoms with Crippen LogP contribution in [0.15, 0.2) is 36.4 Å². The fourth-order valence-corrected chi connectivity index (χ4v) is 1.10. The van der Waals surface area contributed by atoms with Crippen LogP contribution >= 0.6 is 0 Å². The van der Waals surface area contributed by atoms with Gasteiger partial charge in [-0.15, -0.1) is 0 Å². The second kappa shape index (κ2) is 4.50. The second-order valence-electron chi connectivity index (χ2n) is 2.76. The zero-order valence-electron chi connectivity index (χ0n) is 7.16. The van der Waals surface area contributed by atoms with Crippen molar-refractivity contribution in [2.45, 2.75) is 13.3 Å². The van der Waals surface area contributed by atoms with E-state index >= 15 is 0 Å². The van der Waals surface area contributed by atoms with Gasteiger partial charge in [-0.2, -0.15) is 0 Å². The van der Waals surface area contributed by atoms with Gasteiger partial charge in [0, 0.05) is 0 Å². The number of benzene rings is 1. The highest BCUT2D eigenvalue weighted by atomic mass is 16.1. The van der Waals surface area contributed by atoms with Crippen molar-refractivity contribution >= 4 is 6.29 Å². The first-order chi connectivity index (χ1) is 5.83. The molecule has 1 aromatic carbocycles. The summed E-state index contributed by atoms with van der Waals surface area (Å²) in [6.45, 7) is 2.06. The van der Waals surface area contributed by atoms with Crippen LogP contribution in [0.2, 0.25) is 0 Å². The molecule has 0 fully saturated rings. The number of aryl methyl sites for hydroxylation is 1. The van der Waals surface area contributed by atoms with Gasteiger partial charge in [0.1, 0.15) is 6.29 Å². The van der Waals surface area contributed by atoms with Gasteiger partial charge in [0.25, 0.3) is 0 Å². The summed E-state index contributed by atoms with van der Waals surface area (Å²) in [6.07, 6.45) is 5.03. The minimum absolute atomic E-state index is 0.801. The van der Waals surface area contributed by atoms with Crippen molar-refractivity contribution in [3.05, 3.63) is 47.5 Å². The minimum atomic E-state index is 0.801. The molecule has 0 aliphatic rings. The van der Waals surface area contributed by atoms with Crippen LogP contribution in [0.4, 0.5) is 0 Å². The summed E-state index contributed by atoms with van der Waals surface area (Å²) in [5.74, 6) is 0. The maximum absolute atomic E-state index is 9.98. The molecule has 0 heterocycles. The van der Waals surface area contributed by atoms with Gasteiger partial charge in [-0.25, -0.2) is 0 Å². The van der Waals surface area contributed by atoms with E-state index in [1.807, 2.05) is 12.1 Å². The van der Waals surface area contributed by atoms with Crippen LogP contribution in [0.25, 0.3) is 0 Å². The van der Waals surface area contributed by atoms with Gasteiger partial charge in [0.2, 0.25) is 0 Å². The van der Waals surface area contributed by atoms with Crippen LogP contribution in [0.1, 0.15) is 11.1 Å². The van der Waals surface area contributed by atoms with Crippen molar-refractivity contribution in [2.24, 2.45) is 0 Å². The third kappa shape index (κ3) is 2.70. The van der Waals surface area contributed by atoms with Crippen LogP contribution in [-0.2, 0) is 11.2 Å². The lowest BCUT2D eigenvalue weighted by Gasteiger charge is -1.96. The molecule has 0 atom stereocenters. The normalized spacial score (nSPS) is 10.4. The number of allylic oxidation sites excluding steroid dienone is 2. The maximum atomic E-state index is 9.98. The Labute approximate surface area is 72.7 Å². The van der Waals surface area contributed by atoms with Gasteiger partial charge in [0.15, 0.2) is 0 Å². The van der Waals surface area contributed by atoms with E-state index in [0.717, 1.165) is 12.7 Å². The molecule has 0 aliphatic heterocycles. The lowest BCUT2D eigenvalue weighted by atomic mass is 10.1. The minimum Gasteiger partial charge on any atom is -0.299 e. The molecule has 0 amide bonds. The monoisotopic (exact) mass is 160 g/mol. The number of carbonyl (C=O) groups excluding carboxylic acids is 1. The maximum Gasteiger partial charge on any atom is 0.142 e. The number of hydrogen-bond acceptors (Lipinski definition) is 1. The Morgan fingerprint density at radius 1 is 1.42 bits per heavy atom. The Kier molecular flexibility index (Phi) is 3.27. The molecule has 0 saturated carbocycles. The molecule has 1 nitrogen and oxygen atoms in total. The van der Waals surface area contributed by atoms with E-state index in [0.29, 0.717) is 0 Å². The van der Waals surface area contributed by atoms with E-state index in [-0.39, 0.29) is 0 Å². The first-order valence-corrected chi connectivity index (χ1v) is 3.99. The fourth-order valence-electron chi connectivity index (χ4n) is 1.10. The van der Waals surface area contributed by atoms with Crippen molar-refractivity contribution in [2.75, 3.05) is 0 Å². The van der Waals surface area contributed by atoms with Crippen LogP contribution in [0.3, 0.4) is 0 Å². The number of hydrogen-bond donors (Lipinski definition) is 0. The highest BCUT2D eigenvalue weighted by Gasteiger charge is 1.88. The largest absolute Gasteiger partial charge is 0.299 e. The number of aldehydes is 1. The van der Waals surface area contributed by atoms with Crippen molar-refractivity contribution < 1.29 is 4.79 Å². The number of carbonyl (C=O) groups is 1. The Morgan fingerprint density at radius 3 is 2.92 bits per heavy atom. The standard InChI is InChI=1S/C11H12O/c1-10-5-4-7-11(9-10)6-2-3-8-12/h2-5,7-9H,6H2,1H3. The van der Waals surface area contributed by atoms with Crippen LogP contribution in [0.5, 0.6) is 0 Å². The van der Waals surface area contributed by atoms with Crippen molar-refractivity contribution in [1.29, 1.82) is 0 Å². The van der Waals surface area contributed by atoms with E-state index < -0.39 is 0 Å². The van der Waals surface area contributed by atoms with Gasteiger partial charge < -0.3 is 0 Å². The molecular formula is C11H12O. The average molecular weight is 160 g/mol. The quantitative estimate of drug-likeness (QED) is 0.489. The summed E-state index contributed by atoms with van der Waals surface area (Å²) in [5.41, 5.74) is 2.50. The zero-order valence-corrected chi connectivity index (χ0v) is 7.16. The van der Waals surface area contributed by atoms with Gasteiger partial charge in [-0.3, -0.25) is 4.79 Å². The third-order valence-electron chi connectivity index (χ3n) is 1.65. The molecule has 1 aromatic rings. The van der Waals surface area contributed by atoms with Crippen molar-refractivity contribution in [1.82, 2.24) is 0 Å². The third-order valence-corrected chi connectivity index (χ3v) is 1.65. The Bertz CT molecular complexity index is 287. The molecule has 0 radical (unpaired) electrons. The molecule has 1 rings (SSSR count). The lowest BCUT2D eigenvalue weighted by molar-refractivity contribution is -0.104. The molecular weight excluding hydrogens is 148 g/mol. The Hall–Kier alpha value is -1.37. The summed E-state index contributed by atoms with van der Waals surface area (Å²) in [6, 6.07) is 8.27. The molecule has 0 bridgehead atoms. The van der Waals surface area contributed by atoms with Gasteiger partial charge in [-0.1, -0.05) is 35.9 Å². The predicted molar refractivity (Wildman–Crippen MR) is 50.1 cm³/mol. The van der Waals surface area contributed by atoms with Gasteiger partial charge in [0.05, 0.1) is 0 Å². The molecule has 0 unspecified atom stereocenters. The van der Waals surface area contributed by atoms with Crippen LogP contribution in [-0.4, -0.2) is 6.29 Å².